The number of carbonyl (C=O) groups excluding carboxylic acids is 2. The number of nitrogens with one attached hydrogen (secondary N) is 2. The van der Waals surface area contributed by atoms with Crippen molar-refractivity contribution in [2.45, 2.75) is 45.1 Å². The zero-order valence-corrected chi connectivity index (χ0v) is 25.8. The van der Waals surface area contributed by atoms with Crippen LogP contribution in [0.4, 0.5) is 29.3 Å². The molecule has 0 aromatic heterocycles. The maximum atomic E-state index is 13.5. The lowest BCUT2D eigenvalue weighted by molar-refractivity contribution is -0.137. The van der Waals surface area contributed by atoms with E-state index in [0.717, 1.165) is 12.1 Å². The highest BCUT2D eigenvalue weighted by Crippen LogP contribution is 2.35. The minimum Gasteiger partial charge on any atom is -0.488 e. The van der Waals surface area contributed by atoms with Crippen molar-refractivity contribution >= 4 is 23.3 Å². The number of halogens is 3. The predicted molar refractivity (Wildman–Crippen MR) is 165 cm³/mol. The van der Waals surface area contributed by atoms with Gasteiger partial charge < -0.3 is 34.9 Å². The summed E-state index contributed by atoms with van der Waals surface area (Å²) in [5.41, 5.74) is 1.52. The summed E-state index contributed by atoms with van der Waals surface area (Å²) in [5.74, 6) is 1.24. The summed E-state index contributed by atoms with van der Waals surface area (Å²) < 4.78 is 56.2. The minimum atomic E-state index is -4.40. The van der Waals surface area contributed by atoms with Gasteiger partial charge >= 0.3 is 12.2 Å². The van der Waals surface area contributed by atoms with Gasteiger partial charge in [-0.05, 0) is 62.0 Å². The van der Waals surface area contributed by atoms with E-state index in [1.165, 1.54) is 12.1 Å². The molecule has 46 heavy (non-hydrogen) atoms. The van der Waals surface area contributed by atoms with Crippen LogP contribution in [-0.4, -0.2) is 72.5 Å². The summed E-state index contributed by atoms with van der Waals surface area (Å²) in [6.07, 6.45) is -4.83. The third-order valence-corrected chi connectivity index (χ3v) is 8.03. The Bertz CT molecular complexity index is 1550. The highest BCUT2D eigenvalue weighted by molar-refractivity contribution is 6.00. The first-order valence-electron chi connectivity index (χ1n) is 14.9. The van der Waals surface area contributed by atoms with Crippen molar-refractivity contribution in [1.82, 2.24) is 9.80 Å². The first kappa shape index (κ1) is 32.9. The summed E-state index contributed by atoms with van der Waals surface area (Å²) in [6.45, 7) is 4.76. The van der Waals surface area contributed by atoms with Crippen LogP contribution in [0.1, 0.15) is 30.5 Å². The van der Waals surface area contributed by atoms with Crippen molar-refractivity contribution in [2.24, 2.45) is 5.92 Å². The number of urea groups is 1. The fraction of sp³-hybridized carbons (Fsp3) is 0.394. The largest absolute Gasteiger partial charge is 0.488 e. The molecule has 2 aliphatic heterocycles. The molecule has 3 atom stereocenters. The van der Waals surface area contributed by atoms with Gasteiger partial charge in [-0.15, -0.1) is 0 Å². The van der Waals surface area contributed by atoms with Gasteiger partial charge in [-0.3, -0.25) is 9.69 Å². The molecule has 13 heteroatoms. The molecule has 2 aliphatic rings. The lowest BCUT2D eigenvalue weighted by Gasteiger charge is -2.34. The van der Waals surface area contributed by atoms with Crippen molar-refractivity contribution in [3.8, 4) is 17.2 Å². The van der Waals surface area contributed by atoms with Gasteiger partial charge in [-0.25, -0.2) is 4.79 Å². The number of ether oxygens (including phenoxy) is 3. The average molecular weight is 643 g/mol. The van der Waals surface area contributed by atoms with Crippen molar-refractivity contribution in [2.75, 3.05) is 44.2 Å². The molecule has 0 radical (unpaired) electrons. The summed E-state index contributed by atoms with van der Waals surface area (Å²) >= 11 is 0. The predicted octanol–water partition coefficient (Wildman–Crippen LogP) is 5.36. The molecule has 3 amide bonds. The molecular formula is C33H37F3N4O6. The molecule has 0 spiro atoms. The maximum Gasteiger partial charge on any atom is 0.416 e. The number of carbonyl (C=O) groups is 2. The molecule has 3 aromatic rings. The van der Waals surface area contributed by atoms with E-state index in [9.17, 15) is 27.9 Å². The molecule has 3 N–H and O–H groups in total. The number of benzene rings is 3. The molecule has 0 saturated carbocycles. The minimum absolute atomic E-state index is 0.0141. The maximum absolute atomic E-state index is 13.5. The van der Waals surface area contributed by atoms with Gasteiger partial charge in [-0.2, -0.15) is 13.2 Å². The average Bonchev–Trinajstić information content (AvgIpc) is 3.48. The molecule has 3 aromatic carbocycles. The smallest absolute Gasteiger partial charge is 0.416 e. The number of fused-ring (bicyclic) bond motifs is 2. The summed E-state index contributed by atoms with van der Waals surface area (Å²) in [6, 6.07) is 14.3. The van der Waals surface area contributed by atoms with Gasteiger partial charge in [0.15, 0.2) is 11.5 Å². The number of rotatable bonds is 8. The Morgan fingerprint density at radius 3 is 2.35 bits per heavy atom. The Hall–Kier alpha value is -4.49. The zero-order chi connectivity index (χ0) is 33.0. The second kappa shape index (κ2) is 13.9. The Labute approximate surface area is 265 Å². The molecule has 0 bridgehead atoms. The summed E-state index contributed by atoms with van der Waals surface area (Å²) in [7, 11) is 1.85. The van der Waals surface area contributed by atoms with Crippen LogP contribution in [0.3, 0.4) is 0 Å². The molecule has 2 heterocycles. The number of hydrogen-bond donors (Lipinski definition) is 3. The third kappa shape index (κ3) is 8.01. The normalized spacial score (nSPS) is 18.6. The van der Waals surface area contributed by atoms with E-state index < -0.39 is 29.9 Å². The van der Waals surface area contributed by atoms with Gasteiger partial charge in [0, 0.05) is 48.6 Å². The first-order valence-corrected chi connectivity index (χ1v) is 14.9. The number of likely N-dealkylation sites (N-methyl/N-ethyl adjacent to an activating group) is 1. The summed E-state index contributed by atoms with van der Waals surface area (Å²) in [5, 5.41) is 15.5. The van der Waals surface area contributed by atoms with Crippen LogP contribution in [0.15, 0.2) is 60.7 Å². The second-order valence-electron chi connectivity index (χ2n) is 11.7. The van der Waals surface area contributed by atoms with Gasteiger partial charge in [0.05, 0.1) is 24.6 Å². The third-order valence-electron chi connectivity index (χ3n) is 8.03. The van der Waals surface area contributed by atoms with Crippen molar-refractivity contribution in [1.29, 1.82) is 0 Å². The van der Waals surface area contributed by atoms with Gasteiger partial charge in [0.2, 0.25) is 12.7 Å². The molecule has 0 fully saturated rings. The number of nitrogens with zero attached hydrogens (tertiary/aromatic N) is 2. The van der Waals surface area contributed by atoms with Gasteiger partial charge in [0.1, 0.15) is 11.9 Å². The second-order valence-corrected chi connectivity index (χ2v) is 11.7. The fourth-order valence-electron chi connectivity index (χ4n) is 5.48. The highest BCUT2D eigenvalue weighted by Gasteiger charge is 2.32. The molecule has 0 saturated heterocycles. The van der Waals surface area contributed by atoms with Crippen molar-refractivity contribution in [3.05, 3.63) is 77.4 Å². The number of anilines is 2. The fourth-order valence-corrected chi connectivity index (χ4v) is 5.48. The van der Waals surface area contributed by atoms with E-state index in [2.05, 4.69) is 10.6 Å². The van der Waals surface area contributed by atoms with Gasteiger partial charge in [0.25, 0.3) is 0 Å². The van der Waals surface area contributed by atoms with E-state index in [1.54, 1.807) is 48.2 Å². The zero-order valence-electron chi connectivity index (χ0n) is 25.8. The number of hydrogen-bond acceptors (Lipinski definition) is 7. The van der Waals surface area contributed by atoms with Crippen LogP contribution in [0, 0.1) is 5.92 Å². The Morgan fingerprint density at radius 2 is 1.67 bits per heavy atom. The standard InChI is InChI=1S/C33H37F3N4O6/c1-20-15-40(21(2)18-41)31(42)13-23-12-25(37-32(43)38-26-9-11-28-29(14-26)45-19-44-28)8-10-27(23)46-30(20)17-39(3)16-22-4-6-24(7-5-22)33(34,35)36/h4-12,14,20-21,30,41H,13,15-19H2,1-3H3,(H2,37,38,43)/t20-,21-,30-/m1/s1. The Kier molecular flexibility index (Phi) is 9.92. The van der Waals surface area contributed by atoms with Gasteiger partial charge in [-0.1, -0.05) is 19.1 Å². The van der Waals surface area contributed by atoms with Crippen LogP contribution in [0.5, 0.6) is 17.2 Å². The molecule has 5 rings (SSSR count). The Morgan fingerprint density at radius 1 is 1.02 bits per heavy atom. The van der Waals surface area contributed by atoms with Crippen molar-refractivity contribution < 1.29 is 42.1 Å². The van der Waals surface area contributed by atoms with E-state index in [0.29, 0.717) is 59.4 Å². The molecular weight excluding hydrogens is 605 g/mol. The Balaban J connectivity index is 1.33. The highest BCUT2D eigenvalue weighted by atomic mass is 19.4. The van der Waals surface area contributed by atoms with Crippen LogP contribution >= 0.6 is 0 Å². The number of amides is 3. The first-order chi connectivity index (χ1) is 21.9. The van der Waals surface area contributed by atoms with Crippen molar-refractivity contribution in [3.63, 3.8) is 0 Å². The molecule has 10 nitrogen and oxygen atoms in total. The van der Waals surface area contributed by atoms with Crippen LogP contribution in [0.25, 0.3) is 0 Å². The lowest BCUT2D eigenvalue weighted by Crippen LogP contribution is -2.47. The molecule has 0 unspecified atom stereocenters. The van der Waals surface area contributed by atoms with E-state index in [4.69, 9.17) is 14.2 Å². The SMILES string of the molecule is C[C@@H]1CN([C@H](C)CO)C(=O)Cc2cc(NC(=O)Nc3ccc4c(c3)OCO4)ccc2O[C@@H]1CN(C)Cc1ccc(C(F)(F)F)cc1. The number of alkyl halides is 3. The van der Waals surface area contributed by atoms with Crippen LogP contribution < -0.4 is 24.8 Å². The monoisotopic (exact) mass is 642 g/mol. The van der Waals surface area contributed by atoms with Crippen LogP contribution in [-0.2, 0) is 23.9 Å². The molecule has 0 aliphatic carbocycles. The molecule has 246 valence electrons. The number of aliphatic hydroxyl groups excluding tert-OH is 1. The van der Waals surface area contributed by atoms with E-state index >= 15 is 0 Å². The van der Waals surface area contributed by atoms with E-state index in [-0.39, 0.29) is 31.6 Å². The summed E-state index contributed by atoms with van der Waals surface area (Å²) in [4.78, 5) is 29.9. The lowest BCUT2D eigenvalue weighted by atomic mass is 10.0. The van der Waals surface area contributed by atoms with E-state index in [1.807, 2.05) is 18.9 Å². The van der Waals surface area contributed by atoms with Crippen LogP contribution in [0.2, 0.25) is 0 Å². The number of aliphatic hydroxyl groups is 1. The topological polar surface area (TPSA) is 113 Å². The quantitative estimate of drug-likeness (QED) is 0.303.